The van der Waals surface area contributed by atoms with Crippen LogP contribution in [0.1, 0.15) is 48.2 Å². The Morgan fingerprint density at radius 2 is 1.30 bits per heavy atom. The minimum Gasteiger partial charge on any atom is -0.367 e. The Morgan fingerprint density at radius 3 is 1.94 bits per heavy atom. The zero-order valence-corrected chi connectivity index (χ0v) is 20.4. The summed E-state index contributed by atoms with van der Waals surface area (Å²) in [5.74, 6) is 0.340. The van der Waals surface area contributed by atoms with Gasteiger partial charge in [0.25, 0.3) is 0 Å². The summed E-state index contributed by atoms with van der Waals surface area (Å²) in [5.41, 5.74) is 3.71. The molecule has 1 fully saturated rings. The van der Waals surface area contributed by atoms with E-state index in [0.717, 1.165) is 25.7 Å². The molecule has 3 aromatic rings. The molecule has 33 heavy (non-hydrogen) atoms. The average Bonchev–Trinajstić information content (AvgIpc) is 2.86. The van der Waals surface area contributed by atoms with Crippen molar-refractivity contribution >= 4 is 15.9 Å². The maximum atomic E-state index is 6.98. The van der Waals surface area contributed by atoms with Gasteiger partial charge in [0, 0.05) is 10.7 Å². The fourth-order valence-corrected chi connectivity index (χ4v) is 5.86. The molecule has 6 atom stereocenters. The van der Waals surface area contributed by atoms with Crippen LogP contribution >= 0.6 is 15.9 Å². The van der Waals surface area contributed by atoms with Crippen LogP contribution in [-0.2, 0) is 15.9 Å². The van der Waals surface area contributed by atoms with Crippen LogP contribution in [0, 0.1) is 5.92 Å². The highest BCUT2D eigenvalue weighted by Crippen LogP contribution is 2.44. The van der Waals surface area contributed by atoms with Crippen molar-refractivity contribution in [1.82, 2.24) is 0 Å². The maximum Gasteiger partial charge on any atom is 0.113 e. The molecule has 1 heterocycles. The summed E-state index contributed by atoms with van der Waals surface area (Å²) in [6.07, 6.45) is 8.60. The van der Waals surface area contributed by atoms with Crippen molar-refractivity contribution in [2.45, 2.75) is 54.9 Å². The molecule has 0 saturated carbocycles. The molecule has 5 rings (SSSR count). The average molecular weight is 503 g/mol. The second-order valence-corrected chi connectivity index (χ2v) is 10.3. The molecular formula is C30H31BrO2. The number of halogens is 1. The van der Waals surface area contributed by atoms with Crippen molar-refractivity contribution < 1.29 is 9.47 Å². The molecule has 0 unspecified atom stereocenters. The fraction of sp³-hybridized carbons (Fsp3) is 0.333. The lowest BCUT2D eigenvalue weighted by Gasteiger charge is -2.43. The second kappa shape index (κ2) is 10.8. The number of hydrogen-bond donors (Lipinski definition) is 0. The van der Waals surface area contributed by atoms with E-state index in [1.807, 2.05) is 0 Å². The molecule has 3 heteroatoms. The number of rotatable bonds is 5. The normalized spacial score (nSPS) is 29.6. The van der Waals surface area contributed by atoms with E-state index >= 15 is 0 Å². The van der Waals surface area contributed by atoms with Crippen molar-refractivity contribution in [3.8, 4) is 0 Å². The molecule has 2 nitrogen and oxygen atoms in total. The summed E-state index contributed by atoms with van der Waals surface area (Å²) in [6, 6.07) is 31.9. The number of aryl methyl sites for hydroxylation is 1. The molecule has 1 saturated heterocycles. The second-order valence-electron chi connectivity index (χ2n) is 9.13. The number of hydrogen-bond acceptors (Lipinski definition) is 2. The van der Waals surface area contributed by atoms with Crippen molar-refractivity contribution in [1.29, 1.82) is 0 Å². The van der Waals surface area contributed by atoms with Gasteiger partial charge in [-0.3, -0.25) is 0 Å². The van der Waals surface area contributed by atoms with Crippen molar-refractivity contribution in [2.75, 3.05) is 0 Å². The van der Waals surface area contributed by atoms with Crippen molar-refractivity contribution in [3.05, 3.63) is 120 Å². The van der Waals surface area contributed by atoms with Gasteiger partial charge in [-0.25, -0.2) is 0 Å². The number of fused-ring (bicyclic) bond motifs is 1. The van der Waals surface area contributed by atoms with Crippen LogP contribution in [0.3, 0.4) is 0 Å². The number of benzene rings is 3. The van der Waals surface area contributed by atoms with Crippen LogP contribution in [0.5, 0.6) is 0 Å². The molecule has 0 N–H and O–H groups in total. The van der Waals surface area contributed by atoms with E-state index in [4.69, 9.17) is 9.47 Å². The molecule has 170 valence electrons. The third kappa shape index (κ3) is 5.48. The minimum absolute atomic E-state index is 0.120. The molecule has 0 amide bonds. The smallest absolute Gasteiger partial charge is 0.113 e. The summed E-state index contributed by atoms with van der Waals surface area (Å²) in [5, 5.41) is 0. The Morgan fingerprint density at radius 1 is 0.727 bits per heavy atom. The first-order chi connectivity index (χ1) is 16.3. The van der Waals surface area contributed by atoms with E-state index in [1.54, 1.807) is 0 Å². The predicted octanol–water partition coefficient (Wildman–Crippen LogP) is 7.62. The van der Waals surface area contributed by atoms with Gasteiger partial charge < -0.3 is 9.47 Å². The highest BCUT2D eigenvalue weighted by molar-refractivity contribution is 9.09. The lowest BCUT2D eigenvalue weighted by molar-refractivity contribution is -0.167. The standard InChI is InChI=1S/C30H31BrO2/c31-27-18-10-17-25-21-26(20-19-22-11-4-1-5-12-22)32-29(23-13-6-2-7-14-23)30(33-28(25)27)24-15-8-3-9-16-24/h1-17,25-30H,18-21H2/t25-,26-,27+,28+,29+,30+/m0/s1. The summed E-state index contributed by atoms with van der Waals surface area (Å²) < 4.78 is 13.9. The van der Waals surface area contributed by atoms with Crippen LogP contribution in [0.15, 0.2) is 103 Å². The Kier molecular flexibility index (Phi) is 7.40. The summed E-state index contributed by atoms with van der Waals surface area (Å²) in [6.45, 7) is 0. The maximum absolute atomic E-state index is 6.98. The fourth-order valence-electron chi connectivity index (χ4n) is 5.12. The van der Waals surface area contributed by atoms with Crippen LogP contribution in [-0.4, -0.2) is 17.0 Å². The quantitative estimate of drug-likeness (QED) is 0.264. The van der Waals surface area contributed by atoms with Crippen LogP contribution in [0.25, 0.3) is 0 Å². The first-order valence-electron chi connectivity index (χ1n) is 12.0. The molecule has 2 aliphatic rings. The zero-order chi connectivity index (χ0) is 22.5. The Labute approximate surface area is 205 Å². The van der Waals surface area contributed by atoms with Gasteiger partial charge in [-0.15, -0.1) is 0 Å². The van der Waals surface area contributed by atoms with Crippen LogP contribution < -0.4 is 0 Å². The molecular weight excluding hydrogens is 472 g/mol. The van der Waals surface area contributed by atoms with Gasteiger partial charge >= 0.3 is 0 Å². The zero-order valence-electron chi connectivity index (χ0n) is 18.8. The minimum atomic E-state index is -0.160. The van der Waals surface area contributed by atoms with Crippen LogP contribution in [0.4, 0.5) is 0 Å². The Bertz CT molecular complexity index is 1020. The van der Waals surface area contributed by atoms with Crippen molar-refractivity contribution in [2.24, 2.45) is 5.92 Å². The molecule has 0 spiro atoms. The lowest BCUT2D eigenvalue weighted by Crippen LogP contribution is -2.41. The number of alkyl halides is 1. The molecule has 0 bridgehead atoms. The van der Waals surface area contributed by atoms with E-state index in [9.17, 15) is 0 Å². The molecule has 1 aliphatic carbocycles. The first kappa shape index (κ1) is 22.6. The Balaban J connectivity index is 1.50. The van der Waals surface area contributed by atoms with E-state index in [0.29, 0.717) is 10.7 Å². The van der Waals surface area contributed by atoms with Gasteiger partial charge in [-0.1, -0.05) is 119 Å². The molecule has 0 radical (unpaired) electrons. The lowest BCUT2D eigenvalue weighted by atomic mass is 9.84. The van der Waals surface area contributed by atoms with E-state index < -0.39 is 0 Å². The van der Waals surface area contributed by atoms with E-state index in [2.05, 4.69) is 119 Å². The Hall–Kier alpha value is -2.20. The summed E-state index contributed by atoms with van der Waals surface area (Å²) in [7, 11) is 0. The van der Waals surface area contributed by atoms with Crippen molar-refractivity contribution in [3.63, 3.8) is 0 Å². The SMILES string of the molecule is Br[C@@H]1CC=C[C@H]2C[C@H](CCc3ccccc3)O[C@H](c3ccccc3)[C@@H](c3ccccc3)O[C@@H]12. The topological polar surface area (TPSA) is 18.5 Å². The van der Waals surface area contributed by atoms with Gasteiger partial charge in [-0.2, -0.15) is 0 Å². The van der Waals surface area contributed by atoms with Gasteiger partial charge in [0.05, 0.1) is 12.2 Å². The van der Waals surface area contributed by atoms with E-state index in [1.165, 1.54) is 16.7 Å². The van der Waals surface area contributed by atoms with Gasteiger partial charge in [0.1, 0.15) is 12.2 Å². The molecule has 3 aromatic carbocycles. The third-order valence-corrected chi connectivity index (χ3v) is 7.72. The molecule has 1 aliphatic heterocycles. The van der Waals surface area contributed by atoms with Crippen LogP contribution in [0.2, 0.25) is 0 Å². The van der Waals surface area contributed by atoms with Gasteiger partial charge in [0.15, 0.2) is 0 Å². The number of ether oxygens (including phenoxy) is 2. The monoisotopic (exact) mass is 502 g/mol. The summed E-state index contributed by atoms with van der Waals surface area (Å²) in [4.78, 5) is 0.308. The largest absolute Gasteiger partial charge is 0.367 e. The molecule has 0 aromatic heterocycles. The first-order valence-corrected chi connectivity index (χ1v) is 12.9. The highest BCUT2D eigenvalue weighted by Gasteiger charge is 2.40. The third-order valence-electron chi connectivity index (χ3n) is 6.83. The van der Waals surface area contributed by atoms with E-state index in [-0.39, 0.29) is 24.4 Å². The van der Waals surface area contributed by atoms with Gasteiger partial charge in [-0.05, 0) is 42.4 Å². The number of allylic oxidation sites excluding steroid dienone is 1. The summed E-state index contributed by atoms with van der Waals surface area (Å²) >= 11 is 3.95. The highest BCUT2D eigenvalue weighted by atomic mass is 79.9. The predicted molar refractivity (Wildman–Crippen MR) is 137 cm³/mol. The van der Waals surface area contributed by atoms with Gasteiger partial charge in [0.2, 0.25) is 0 Å².